The Kier molecular flexibility index (Phi) is 9.97. The van der Waals surface area contributed by atoms with E-state index in [1.165, 1.54) is 93.9 Å². The topological polar surface area (TPSA) is 84.0 Å². The van der Waals surface area contributed by atoms with Crippen LogP contribution in [0, 0.1) is 36.0 Å². The van der Waals surface area contributed by atoms with Crippen LogP contribution in [0.5, 0.6) is 0 Å². The molecule has 6 heteroatoms. The van der Waals surface area contributed by atoms with E-state index in [9.17, 15) is 9.59 Å². The average molecular weight is 695 g/mol. The van der Waals surface area contributed by atoms with Crippen LogP contribution in [0.4, 0.5) is 0 Å². The number of carbonyl (C=O) groups is 2. The van der Waals surface area contributed by atoms with Crippen LogP contribution < -0.4 is 10.6 Å². The summed E-state index contributed by atoms with van der Waals surface area (Å²) in [5, 5.41) is 6.38. The first-order valence-corrected chi connectivity index (χ1v) is 20.7. The van der Waals surface area contributed by atoms with Gasteiger partial charge in [-0.15, -0.1) is 0 Å². The maximum absolute atomic E-state index is 13.7. The third kappa shape index (κ3) is 8.25. The number of benzene rings is 1. The third-order valence-electron chi connectivity index (χ3n) is 13.8. The highest BCUT2D eigenvalue weighted by molar-refractivity contribution is 5.88. The van der Waals surface area contributed by atoms with Crippen LogP contribution in [0.15, 0.2) is 18.2 Å². The van der Waals surface area contributed by atoms with E-state index < -0.39 is 6.04 Å². The highest BCUT2D eigenvalue weighted by Crippen LogP contribution is 2.70. The van der Waals surface area contributed by atoms with Gasteiger partial charge in [0, 0.05) is 23.6 Å². The van der Waals surface area contributed by atoms with Gasteiger partial charge in [-0.25, -0.2) is 9.97 Å². The minimum Gasteiger partial charge on any atom is -0.350 e. The van der Waals surface area contributed by atoms with E-state index in [1.54, 1.807) is 11.1 Å². The quantitative estimate of drug-likeness (QED) is 0.260. The third-order valence-corrected chi connectivity index (χ3v) is 13.8. The lowest BCUT2D eigenvalue weighted by atomic mass is 9.40. The van der Waals surface area contributed by atoms with E-state index in [4.69, 9.17) is 9.97 Å². The second kappa shape index (κ2) is 13.9. The fourth-order valence-electron chi connectivity index (χ4n) is 12.7. The number of hydrogen-bond acceptors (Lipinski definition) is 4. The fraction of sp³-hybridized carbons (Fsp3) is 0.733. The molecule has 0 spiro atoms. The summed E-state index contributed by atoms with van der Waals surface area (Å²) in [5.74, 6) is 2.61. The van der Waals surface area contributed by atoms with Gasteiger partial charge in [-0.2, -0.15) is 0 Å². The predicted octanol–water partition coefficient (Wildman–Crippen LogP) is 9.52. The summed E-state index contributed by atoms with van der Waals surface area (Å²) in [5.41, 5.74) is 8.86. The number of carbonyl (C=O) groups excluding carboxylic acids is 2. The summed E-state index contributed by atoms with van der Waals surface area (Å²) in [6, 6.07) is 6.74. The predicted molar refractivity (Wildman–Crippen MR) is 206 cm³/mol. The standard InChI is InChI=1S/C45H66N4O2/c1-29-37(46-30(2)47-40(29)34-15-12-33(13-16-34)36-17-14-32-10-8-9-11-35(32)22-36)18-19-38(41(51)49-42(3,4)5)48-39(50)20-21-45-25-31-23-43(6,27-45)26-44(7,24-31)28-45/h14,17,22,31,33-34,38H,8-13,15-16,18-21,23-28H2,1-7H3,(H,48,50)(H,49,51)/t31?,33?,34?,38-,43+,44?,45+/m0/s1. The average Bonchev–Trinajstić information content (AvgIpc) is 3.04. The molecule has 2 aromatic rings. The number of nitrogens with zero attached hydrogens (tertiary/aromatic N) is 2. The molecule has 0 radical (unpaired) electrons. The van der Waals surface area contributed by atoms with Crippen molar-refractivity contribution in [2.45, 2.75) is 187 Å². The van der Waals surface area contributed by atoms with Crippen molar-refractivity contribution in [2.75, 3.05) is 0 Å². The number of rotatable bonds is 10. The van der Waals surface area contributed by atoms with E-state index in [1.807, 2.05) is 27.7 Å². The Hall–Kier alpha value is -2.76. The molecule has 4 bridgehead atoms. The van der Waals surface area contributed by atoms with Crippen molar-refractivity contribution < 1.29 is 9.59 Å². The molecule has 51 heavy (non-hydrogen) atoms. The zero-order valence-electron chi connectivity index (χ0n) is 33.0. The first kappa shape index (κ1) is 36.6. The number of fused-ring (bicyclic) bond motifs is 1. The van der Waals surface area contributed by atoms with Crippen LogP contribution in [0.25, 0.3) is 0 Å². The van der Waals surface area contributed by atoms with Gasteiger partial charge in [0.05, 0.1) is 5.69 Å². The molecule has 2 unspecified atom stereocenters. The number of aryl methyl sites for hydroxylation is 4. The highest BCUT2D eigenvalue weighted by atomic mass is 16.2. The van der Waals surface area contributed by atoms with E-state index in [0.717, 1.165) is 36.7 Å². The second-order valence-electron chi connectivity index (χ2n) is 20.0. The molecular formula is C45H66N4O2. The van der Waals surface area contributed by atoms with E-state index in [2.05, 4.69) is 49.6 Å². The molecular weight excluding hydrogens is 629 g/mol. The van der Waals surface area contributed by atoms with Gasteiger partial charge in [0.2, 0.25) is 11.8 Å². The number of nitrogens with one attached hydrogen (secondary N) is 2. The second-order valence-corrected chi connectivity index (χ2v) is 20.0. The van der Waals surface area contributed by atoms with Crippen molar-refractivity contribution in [1.82, 2.24) is 20.6 Å². The summed E-state index contributed by atoms with van der Waals surface area (Å²) in [7, 11) is 0. The monoisotopic (exact) mass is 695 g/mol. The Bertz CT molecular complexity index is 1610. The fourth-order valence-corrected chi connectivity index (χ4v) is 12.7. The van der Waals surface area contributed by atoms with Gasteiger partial charge in [0.15, 0.2) is 0 Å². The van der Waals surface area contributed by atoms with Crippen molar-refractivity contribution in [1.29, 1.82) is 0 Å². The summed E-state index contributed by atoms with van der Waals surface area (Å²) in [6.45, 7) is 15.2. The van der Waals surface area contributed by atoms with Gasteiger partial charge in [-0.3, -0.25) is 9.59 Å². The summed E-state index contributed by atoms with van der Waals surface area (Å²) in [4.78, 5) is 37.3. The van der Waals surface area contributed by atoms with Crippen LogP contribution in [-0.2, 0) is 28.9 Å². The lowest BCUT2D eigenvalue weighted by Gasteiger charge is -2.65. The maximum Gasteiger partial charge on any atom is 0.242 e. The van der Waals surface area contributed by atoms with Crippen LogP contribution in [0.2, 0.25) is 0 Å². The normalized spacial score (nSPS) is 31.9. The molecule has 5 saturated carbocycles. The van der Waals surface area contributed by atoms with Crippen molar-refractivity contribution in [3.63, 3.8) is 0 Å². The Morgan fingerprint density at radius 1 is 0.882 bits per heavy atom. The lowest BCUT2D eigenvalue weighted by molar-refractivity contribution is -0.151. The lowest BCUT2D eigenvalue weighted by Crippen LogP contribution is -2.55. The highest BCUT2D eigenvalue weighted by Gasteiger charge is 2.59. The Labute approximate surface area is 308 Å². The number of amides is 2. The van der Waals surface area contributed by atoms with Gasteiger partial charge in [0.1, 0.15) is 11.9 Å². The SMILES string of the molecule is Cc1nc(CC[C@H](NC(=O)CC[C@@]23CC4CC(C)(C[C@@](C)(C4)C2)C3)C(=O)NC(C)(C)C)c(C)c(C2CCC(c3ccc4c(c3)CCCC4)CC2)n1. The Balaban J connectivity index is 0.994. The molecule has 278 valence electrons. The maximum atomic E-state index is 13.7. The van der Waals surface area contributed by atoms with Gasteiger partial charge < -0.3 is 10.6 Å². The van der Waals surface area contributed by atoms with Crippen molar-refractivity contribution >= 4 is 11.8 Å². The summed E-state index contributed by atoms with van der Waals surface area (Å²) < 4.78 is 0. The Morgan fingerprint density at radius 2 is 1.55 bits per heavy atom. The molecule has 1 aromatic heterocycles. The van der Waals surface area contributed by atoms with Crippen molar-refractivity contribution in [3.05, 3.63) is 57.7 Å². The molecule has 1 heterocycles. The molecule has 5 atom stereocenters. The van der Waals surface area contributed by atoms with E-state index in [0.29, 0.717) is 41.9 Å². The molecule has 6 nitrogen and oxygen atoms in total. The van der Waals surface area contributed by atoms with Gasteiger partial charge in [0.25, 0.3) is 0 Å². The molecule has 6 aliphatic carbocycles. The number of aromatic nitrogens is 2. The summed E-state index contributed by atoms with van der Waals surface area (Å²) >= 11 is 0. The molecule has 0 saturated heterocycles. The first-order valence-electron chi connectivity index (χ1n) is 20.7. The molecule has 5 fully saturated rings. The van der Waals surface area contributed by atoms with E-state index in [-0.39, 0.29) is 22.8 Å². The molecule has 0 aliphatic heterocycles. The van der Waals surface area contributed by atoms with Crippen LogP contribution in [0.1, 0.15) is 182 Å². The van der Waals surface area contributed by atoms with Crippen LogP contribution in [0.3, 0.4) is 0 Å². The molecule has 6 aliphatic rings. The largest absolute Gasteiger partial charge is 0.350 e. The van der Waals surface area contributed by atoms with E-state index >= 15 is 0 Å². The van der Waals surface area contributed by atoms with Crippen LogP contribution in [-0.4, -0.2) is 33.4 Å². The minimum absolute atomic E-state index is 0.0158. The van der Waals surface area contributed by atoms with Gasteiger partial charge >= 0.3 is 0 Å². The Morgan fingerprint density at radius 3 is 2.22 bits per heavy atom. The minimum atomic E-state index is -0.590. The first-order chi connectivity index (χ1) is 24.1. The molecule has 8 rings (SSSR count). The zero-order chi connectivity index (χ0) is 36.2. The van der Waals surface area contributed by atoms with Crippen molar-refractivity contribution in [3.8, 4) is 0 Å². The number of hydrogen-bond donors (Lipinski definition) is 2. The smallest absolute Gasteiger partial charge is 0.242 e. The van der Waals surface area contributed by atoms with Crippen LogP contribution >= 0.6 is 0 Å². The van der Waals surface area contributed by atoms with Crippen molar-refractivity contribution in [2.24, 2.45) is 22.2 Å². The van der Waals surface area contributed by atoms with Gasteiger partial charge in [-0.05, 0) is 194 Å². The summed E-state index contributed by atoms with van der Waals surface area (Å²) in [6.07, 6.45) is 20.3. The molecule has 2 N–H and O–H groups in total. The zero-order valence-corrected chi connectivity index (χ0v) is 33.0. The van der Waals surface area contributed by atoms with Gasteiger partial charge in [-0.1, -0.05) is 32.0 Å². The molecule has 2 amide bonds. The molecule has 1 aromatic carbocycles.